The number of rotatable bonds is 4. The smallest absolute Gasteiger partial charge is 0.244 e. The minimum Gasteiger partial charge on any atom is -0.341 e. The van der Waals surface area contributed by atoms with Crippen LogP contribution in [0.25, 0.3) is 0 Å². The number of hydrogen-bond donors (Lipinski definition) is 0. The average molecular weight is 351 g/mol. The Hall–Kier alpha value is -2.10. The molecule has 1 fully saturated rings. The van der Waals surface area contributed by atoms with Gasteiger partial charge in [-0.05, 0) is 61.5 Å². The first kappa shape index (κ1) is 17.3. The van der Waals surface area contributed by atoms with E-state index in [2.05, 4.69) is 48.6 Å². The van der Waals surface area contributed by atoms with Crippen LogP contribution in [-0.2, 0) is 30.6 Å². The van der Waals surface area contributed by atoms with Crippen molar-refractivity contribution in [2.24, 2.45) is 11.8 Å². The van der Waals surface area contributed by atoms with Crippen LogP contribution in [0.1, 0.15) is 43.0 Å². The van der Waals surface area contributed by atoms with E-state index in [-0.39, 0.29) is 5.91 Å². The highest BCUT2D eigenvalue weighted by Crippen LogP contribution is 2.25. The Morgan fingerprint density at radius 3 is 2.69 bits per heavy atom. The largest absolute Gasteiger partial charge is 0.341 e. The molecule has 4 rings (SSSR count). The number of amides is 1. The number of aromatic nitrogens is 2. The second kappa shape index (κ2) is 7.65. The van der Waals surface area contributed by atoms with Gasteiger partial charge < -0.3 is 4.90 Å². The van der Waals surface area contributed by atoms with Gasteiger partial charge in [0, 0.05) is 19.3 Å². The van der Waals surface area contributed by atoms with Crippen molar-refractivity contribution in [2.45, 2.75) is 52.0 Å². The quantitative estimate of drug-likeness (QED) is 0.846. The van der Waals surface area contributed by atoms with Crippen LogP contribution in [0.15, 0.2) is 36.5 Å². The maximum atomic E-state index is 12.7. The van der Waals surface area contributed by atoms with Gasteiger partial charge in [0.1, 0.15) is 6.54 Å². The topological polar surface area (TPSA) is 38.1 Å². The van der Waals surface area contributed by atoms with Crippen LogP contribution in [0, 0.1) is 11.8 Å². The number of nitrogens with zero attached hydrogens (tertiary/aromatic N) is 3. The van der Waals surface area contributed by atoms with Crippen LogP contribution >= 0.6 is 0 Å². The third-order valence-electron chi connectivity index (χ3n) is 6.00. The van der Waals surface area contributed by atoms with E-state index >= 15 is 0 Å². The van der Waals surface area contributed by atoms with Crippen LogP contribution in [0.4, 0.5) is 0 Å². The summed E-state index contributed by atoms with van der Waals surface area (Å²) < 4.78 is 1.88. The van der Waals surface area contributed by atoms with E-state index in [0.29, 0.717) is 12.5 Å². The lowest BCUT2D eigenvalue weighted by molar-refractivity contribution is -0.133. The van der Waals surface area contributed by atoms with Gasteiger partial charge in [-0.15, -0.1) is 0 Å². The lowest BCUT2D eigenvalue weighted by Crippen LogP contribution is -2.40. The number of benzene rings is 1. The highest BCUT2D eigenvalue weighted by Gasteiger charge is 2.24. The first-order chi connectivity index (χ1) is 12.7. The molecule has 4 nitrogen and oxygen atoms in total. The van der Waals surface area contributed by atoms with Crippen LogP contribution in [0.5, 0.6) is 0 Å². The van der Waals surface area contributed by atoms with Crippen molar-refractivity contribution in [3.05, 3.63) is 53.3 Å². The van der Waals surface area contributed by atoms with E-state index in [4.69, 9.17) is 0 Å². The number of hydrogen-bond acceptors (Lipinski definition) is 2. The Labute approximate surface area is 156 Å². The Kier molecular flexibility index (Phi) is 5.09. The van der Waals surface area contributed by atoms with E-state index in [1.54, 1.807) is 0 Å². The lowest BCUT2D eigenvalue weighted by atomic mass is 9.89. The zero-order valence-electron chi connectivity index (χ0n) is 15.7. The van der Waals surface area contributed by atoms with Crippen LogP contribution in [0.2, 0.25) is 0 Å². The van der Waals surface area contributed by atoms with E-state index in [0.717, 1.165) is 51.1 Å². The molecule has 1 aromatic carbocycles. The summed E-state index contributed by atoms with van der Waals surface area (Å²) in [5, 5.41) is 4.66. The molecule has 1 aliphatic carbocycles. The number of fused-ring (bicyclic) bond motifs is 1. The highest BCUT2D eigenvalue weighted by atomic mass is 16.2. The van der Waals surface area contributed by atoms with Gasteiger partial charge in [-0.25, -0.2) is 0 Å². The van der Waals surface area contributed by atoms with E-state index in [1.807, 2.05) is 9.58 Å². The SMILES string of the molecule is CC1CCc2nn(CC(=O)N3CCC(Cc4ccccc4)CC3)cc2C1. The van der Waals surface area contributed by atoms with E-state index in [9.17, 15) is 4.79 Å². The molecule has 0 radical (unpaired) electrons. The van der Waals surface area contributed by atoms with Gasteiger partial charge in [0.05, 0.1) is 5.69 Å². The fraction of sp³-hybridized carbons (Fsp3) is 0.545. The van der Waals surface area contributed by atoms with Gasteiger partial charge in [-0.2, -0.15) is 5.10 Å². The third kappa shape index (κ3) is 4.00. The first-order valence-corrected chi connectivity index (χ1v) is 10.0. The molecule has 1 saturated heterocycles. The van der Waals surface area contributed by atoms with Gasteiger partial charge >= 0.3 is 0 Å². The summed E-state index contributed by atoms with van der Waals surface area (Å²) in [5.41, 5.74) is 3.96. The van der Waals surface area contributed by atoms with Crippen LogP contribution in [0.3, 0.4) is 0 Å². The molecule has 0 saturated carbocycles. The number of carbonyl (C=O) groups excluding carboxylic acids is 1. The average Bonchev–Trinajstić information content (AvgIpc) is 3.04. The number of likely N-dealkylation sites (tertiary alicyclic amines) is 1. The van der Waals surface area contributed by atoms with Gasteiger partial charge in [-0.3, -0.25) is 9.48 Å². The Morgan fingerprint density at radius 2 is 1.92 bits per heavy atom. The maximum absolute atomic E-state index is 12.7. The predicted molar refractivity (Wildman–Crippen MR) is 103 cm³/mol. The van der Waals surface area contributed by atoms with Crippen molar-refractivity contribution in [3.63, 3.8) is 0 Å². The summed E-state index contributed by atoms with van der Waals surface area (Å²) >= 11 is 0. The molecule has 2 heterocycles. The van der Waals surface area contributed by atoms with Crippen molar-refractivity contribution < 1.29 is 4.79 Å². The molecule has 4 heteroatoms. The zero-order valence-corrected chi connectivity index (χ0v) is 15.7. The van der Waals surface area contributed by atoms with Crippen LogP contribution in [-0.4, -0.2) is 33.7 Å². The molecule has 138 valence electrons. The molecule has 0 spiro atoms. The predicted octanol–water partition coefficient (Wildman–Crippen LogP) is 3.49. The third-order valence-corrected chi connectivity index (χ3v) is 6.00. The second-order valence-electron chi connectivity index (χ2n) is 8.16. The molecule has 2 aromatic rings. The van der Waals surface area contributed by atoms with Gasteiger partial charge in [0.2, 0.25) is 5.91 Å². The minimum absolute atomic E-state index is 0.219. The fourth-order valence-corrected chi connectivity index (χ4v) is 4.40. The van der Waals surface area contributed by atoms with E-state index < -0.39 is 0 Å². The summed E-state index contributed by atoms with van der Waals surface area (Å²) in [5.74, 6) is 1.65. The molecule has 0 bridgehead atoms. The molecule has 2 aliphatic rings. The summed E-state index contributed by atoms with van der Waals surface area (Å²) in [6.45, 7) is 4.46. The summed E-state index contributed by atoms with van der Waals surface area (Å²) in [6.07, 6.45) is 8.82. The highest BCUT2D eigenvalue weighted by molar-refractivity contribution is 5.76. The lowest BCUT2D eigenvalue weighted by Gasteiger charge is -2.32. The van der Waals surface area contributed by atoms with Crippen LogP contribution < -0.4 is 0 Å². The second-order valence-corrected chi connectivity index (χ2v) is 8.16. The monoisotopic (exact) mass is 351 g/mol. The number of piperidine rings is 1. The standard InChI is InChI=1S/C22H29N3O/c1-17-7-8-21-20(13-17)15-25(23-21)16-22(26)24-11-9-19(10-12-24)14-18-5-3-2-4-6-18/h2-6,15,17,19H,7-14,16H2,1H3. The summed E-state index contributed by atoms with van der Waals surface area (Å²) in [4.78, 5) is 14.7. The molecule has 1 unspecified atom stereocenters. The number of aryl methyl sites for hydroxylation is 1. The van der Waals surface area contributed by atoms with Crippen molar-refractivity contribution in [2.75, 3.05) is 13.1 Å². The van der Waals surface area contributed by atoms with Crippen molar-refractivity contribution in [1.29, 1.82) is 0 Å². The Morgan fingerprint density at radius 1 is 1.15 bits per heavy atom. The fourth-order valence-electron chi connectivity index (χ4n) is 4.40. The molecular weight excluding hydrogens is 322 g/mol. The Bertz CT molecular complexity index is 744. The molecule has 1 aromatic heterocycles. The van der Waals surface area contributed by atoms with Gasteiger partial charge in [0.15, 0.2) is 0 Å². The Balaban J connectivity index is 1.29. The first-order valence-electron chi connectivity index (χ1n) is 10.0. The summed E-state index contributed by atoms with van der Waals surface area (Å²) in [6, 6.07) is 10.7. The zero-order chi connectivity index (χ0) is 17.9. The normalized spacial score (nSPS) is 20.8. The molecule has 26 heavy (non-hydrogen) atoms. The molecular formula is C22H29N3O. The molecule has 0 N–H and O–H groups in total. The van der Waals surface area contributed by atoms with E-state index in [1.165, 1.54) is 23.2 Å². The van der Waals surface area contributed by atoms with Crippen molar-refractivity contribution in [3.8, 4) is 0 Å². The van der Waals surface area contributed by atoms with Gasteiger partial charge in [0.25, 0.3) is 0 Å². The molecule has 1 aliphatic heterocycles. The molecule has 1 amide bonds. The summed E-state index contributed by atoms with van der Waals surface area (Å²) in [7, 11) is 0. The van der Waals surface area contributed by atoms with Crippen molar-refractivity contribution in [1.82, 2.24) is 14.7 Å². The molecule has 1 atom stereocenters. The number of carbonyl (C=O) groups is 1. The van der Waals surface area contributed by atoms with Gasteiger partial charge in [-0.1, -0.05) is 37.3 Å². The van der Waals surface area contributed by atoms with Crippen molar-refractivity contribution >= 4 is 5.91 Å². The minimum atomic E-state index is 0.219. The maximum Gasteiger partial charge on any atom is 0.244 e.